The molecule has 0 saturated carbocycles. The van der Waals surface area contributed by atoms with Crippen LogP contribution in [0.4, 0.5) is 0 Å². The van der Waals surface area contributed by atoms with E-state index in [0.717, 1.165) is 25.2 Å². The lowest BCUT2D eigenvalue weighted by molar-refractivity contribution is 0.00874. The minimum atomic E-state index is -0.250. The molecule has 0 spiro atoms. The van der Waals surface area contributed by atoms with Gasteiger partial charge in [-0.1, -0.05) is 61.9 Å². The van der Waals surface area contributed by atoms with E-state index in [2.05, 4.69) is 24.0 Å². The summed E-state index contributed by atoms with van der Waals surface area (Å²) in [5.74, 6) is -0.00638. The van der Waals surface area contributed by atoms with Crippen molar-refractivity contribution in [1.29, 1.82) is 0 Å². The van der Waals surface area contributed by atoms with Crippen molar-refractivity contribution in [2.45, 2.75) is 32.3 Å². The van der Waals surface area contributed by atoms with E-state index in [1.54, 1.807) is 12.1 Å². The summed E-state index contributed by atoms with van der Waals surface area (Å²) in [4.78, 5) is 15.1. The predicted molar refractivity (Wildman–Crippen MR) is 108 cm³/mol. The van der Waals surface area contributed by atoms with E-state index in [1.807, 2.05) is 36.4 Å². The molecule has 0 N–H and O–H groups in total. The molecule has 140 valence electrons. The van der Waals surface area contributed by atoms with Gasteiger partial charge in [0.25, 0.3) is 0 Å². The van der Waals surface area contributed by atoms with Crippen LogP contribution >= 0.6 is 12.4 Å². The molecule has 2 aromatic carbocycles. The Bertz CT molecular complexity index is 656. The second-order valence-corrected chi connectivity index (χ2v) is 6.94. The highest BCUT2D eigenvalue weighted by Crippen LogP contribution is 2.28. The maximum Gasteiger partial charge on any atom is 0.338 e. The third kappa shape index (κ3) is 5.58. The number of esters is 1. The van der Waals surface area contributed by atoms with Gasteiger partial charge in [0.1, 0.15) is 6.10 Å². The van der Waals surface area contributed by atoms with Gasteiger partial charge in [-0.2, -0.15) is 0 Å². The van der Waals surface area contributed by atoms with Gasteiger partial charge in [0.2, 0.25) is 0 Å². The number of carbonyl (C=O) groups is 1. The Hall–Kier alpha value is -1.84. The molecule has 0 unspecified atom stereocenters. The Labute approximate surface area is 162 Å². The van der Waals surface area contributed by atoms with E-state index in [1.165, 1.54) is 19.3 Å². The molecule has 1 aliphatic rings. The number of ether oxygens (including phenoxy) is 1. The minimum absolute atomic E-state index is 0. The molecule has 2 atom stereocenters. The maximum atomic E-state index is 12.6. The number of carbonyl (C=O) groups excluding carboxylic acids is 1. The molecule has 2 aromatic rings. The van der Waals surface area contributed by atoms with Gasteiger partial charge in [0.05, 0.1) is 5.56 Å². The fourth-order valence-corrected chi connectivity index (χ4v) is 3.56. The summed E-state index contributed by atoms with van der Waals surface area (Å²) in [6, 6.07) is 19.4. The largest absolute Gasteiger partial charge is 0.454 e. The molecule has 0 radical (unpaired) electrons. The Balaban J connectivity index is 0.00000243. The summed E-state index contributed by atoms with van der Waals surface area (Å²) in [7, 11) is 0. The van der Waals surface area contributed by atoms with Crippen LogP contribution < -0.4 is 0 Å². The molecule has 3 rings (SSSR count). The first-order valence-electron chi connectivity index (χ1n) is 9.27. The topological polar surface area (TPSA) is 29.5 Å². The monoisotopic (exact) mass is 373 g/mol. The third-order valence-corrected chi connectivity index (χ3v) is 4.88. The number of halogens is 1. The van der Waals surface area contributed by atoms with Gasteiger partial charge < -0.3 is 9.64 Å². The van der Waals surface area contributed by atoms with Gasteiger partial charge in [-0.05, 0) is 43.6 Å². The molecular formula is C22H28ClNO2. The van der Waals surface area contributed by atoms with E-state index >= 15 is 0 Å². The number of hydrogen-bond donors (Lipinski definition) is 0. The summed E-state index contributed by atoms with van der Waals surface area (Å²) in [6.45, 7) is 5.45. The van der Waals surface area contributed by atoms with Crippen molar-refractivity contribution in [1.82, 2.24) is 4.90 Å². The molecular weight excluding hydrogens is 346 g/mol. The average Bonchev–Trinajstić information content (AvgIpc) is 2.68. The van der Waals surface area contributed by atoms with Crippen LogP contribution in [0.3, 0.4) is 0 Å². The van der Waals surface area contributed by atoms with Gasteiger partial charge in [-0.25, -0.2) is 4.79 Å². The Morgan fingerprint density at radius 2 is 1.54 bits per heavy atom. The number of piperidine rings is 1. The number of rotatable bonds is 6. The van der Waals surface area contributed by atoms with Crippen molar-refractivity contribution in [2.24, 2.45) is 5.92 Å². The van der Waals surface area contributed by atoms with Crippen LogP contribution in [-0.2, 0) is 4.74 Å². The van der Waals surface area contributed by atoms with E-state index in [9.17, 15) is 4.79 Å². The summed E-state index contributed by atoms with van der Waals surface area (Å²) in [6.07, 6.45) is 3.64. The van der Waals surface area contributed by atoms with Crippen molar-refractivity contribution >= 4 is 18.4 Å². The zero-order valence-electron chi connectivity index (χ0n) is 15.3. The summed E-state index contributed by atoms with van der Waals surface area (Å²) in [5.41, 5.74) is 1.67. The van der Waals surface area contributed by atoms with Crippen molar-refractivity contribution in [2.75, 3.05) is 19.6 Å². The Morgan fingerprint density at radius 1 is 0.962 bits per heavy atom. The lowest BCUT2D eigenvalue weighted by Gasteiger charge is -2.32. The van der Waals surface area contributed by atoms with E-state index in [-0.39, 0.29) is 30.4 Å². The fraction of sp³-hybridized carbons (Fsp3) is 0.409. The maximum absolute atomic E-state index is 12.6. The highest BCUT2D eigenvalue weighted by atomic mass is 35.5. The lowest BCUT2D eigenvalue weighted by atomic mass is 9.95. The number of hydrogen-bond acceptors (Lipinski definition) is 3. The van der Waals surface area contributed by atoms with Gasteiger partial charge in [-0.15, -0.1) is 12.4 Å². The Kier molecular flexibility index (Phi) is 8.14. The van der Waals surface area contributed by atoms with Crippen molar-refractivity contribution in [3.63, 3.8) is 0 Å². The number of benzene rings is 2. The molecule has 0 bridgehead atoms. The van der Waals surface area contributed by atoms with Crippen molar-refractivity contribution in [3.8, 4) is 0 Å². The van der Waals surface area contributed by atoms with Crippen molar-refractivity contribution in [3.05, 3.63) is 71.8 Å². The fourth-order valence-electron chi connectivity index (χ4n) is 3.56. The second-order valence-electron chi connectivity index (χ2n) is 6.94. The molecule has 26 heavy (non-hydrogen) atoms. The molecule has 0 aliphatic carbocycles. The highest BCUT2D eigenvalue weighted by Gasteiger charge is 2.26. The molecule has 4 heteroatoms. The van der Waals surface area contributed by atoms with Gasteiger partial charge in [0.15, 0.2) is 0 Å². The molecule has 1 saturated heterocycles. The smallest absolute Gasteiger partial charge is 0.338 e. The quantitative estimate of drug-likeness (QED) is 0.657. The van der Waals surface area contributed by atoms with Crippen molar-refractivity contribution < 1.29 is 9.53 Å². The van der Waals surface area contributed by atoms with Crippen LogP contribution in [-0.4, -0.2) is 30.5 Å². The van der Waals surface area contributed by atoms with E-state index < -0.39 is 0 Å². The molecule has 1 aliphatic heterocycles. The zero-order chi connectivity index (χ0) is 17.5. The van der Waals surface area contributed by atoms with E-state index in [0.29, 0.717) is 5.56 Å². The minimum Gasteiger partial charge on any atom is -0.454 e. The average molecular weight is 374 g/mol. The van der Waals surface area contributed by atoms with Crippen LogP contribution in [0.15, 0.2) is 60.7 Å². The molecule has 3 nitrogen and oxygen atoms in total. The zero-order valence-corrected chi connectivity index (χ0v) is 16.2. The SMILES string of the molecule is C[C@H](CN1CCCCC1)[C@H](OC(=O)c1ccccc1)c1ccccc1.Cl. The van der Waals surface area contributed by atoms with E-state index in [4.69, 9.17) is 4.74 Å². The van der Waals surface area contributed by atoms with Gasteiger partial charge in [-0.3, -0.25) is 0 Å². The van der Waals surface area contributed by atoms with Crippen LogP contribution in [0.25, 0.3) is 0 Å². The molecule has 1 heterocycles. The van der Waals surface area contributed by atoms with Crippen LogP contribution in [0, 0.1) is 5.92 Å². The summed E-state index contributed by atoms with van der Waals surface area (Å²) < 4.78 is 5.96. The van der Waals surface area contributed by atoms with Crippen LogP contribution in [0.1, 0.15) is 48.2 Å². The van der Waals surface area contributed by atoms with Crippen LogP contribution in [0.2, 0.25) is 0 Å². The lowest BCUT2D eigenvalue weighted by Crippen LogP contribution is -2.36. The molecule has 0 amide bonds. The summed E-state index contributed by atoms with van der Waals surface area (Å²) >= 11 is 0. The number of nitrogens with zero attached hydrogens (tertiary/aromatic N) is 1. The first-order valence-corrected chi connectivity index (χ1v) is 9.27. The van der Waals surface area contributed by atoms with Crippen LogP contribution in [0.5, 0.6) is 0 Å². The predicted octanol–water partition coefficient (Wildman–Crippen LogP) is 5.13. The standard InChI is InChI=1S/C22H27NO2.ClH/c1-18(17-23-15-9-4-10-16-23)21(19-11-5-2-6-12-19)25-22(24)20-13-7-3-8-14-20;/h2-3,5-8,11-14,18,21H,4,9-10,15-17H2,1H3;1H/t18-,21+;/m1./s1. The first-order chi connectivity index (χ1) is 12.2. The third-order valence-electron chi connectivity index (χ3n) is 4.88. The normalized spacial score (nSPS) is 17.0. The molecule has 1 fully saturated rings. The number of likely N-dealkylation sites (tertiary alicyclic amines) is 1. The Morgan fingerprint density at radius 3 is 2.15 bits per heavy atom. The van der Waals surface area contributed by atoms with Gasteiger partial charge in [0, 0.05) is 12.5 Å². The highest BCUT2D eigenvalue weighted by molar-refractivity contribution is 5.89. The summed E-state index contributed by atoms with van der Waals surface area (Å²) in [5, 5.41) is 0. The first kappa shape index (κ1) is 20.5. The van der Waals surface area contributed by atoms with Gasteiger partial charge >= 0.3 is 5.97 Å². The second kappa shape index (κ2) is 10.3. The molecule has 0 aromatic heterocycles.